The van der Waals surface area contributed by atoms with Crippen molar-refractivity contribution in [2.24, 2.45) is 5.41 Å². The Morgan fingerprint density at radius 3 is 2.74 bits per heavy atom. The molecule has 1 aromatic heterocycles. The predicted molar refractivity (Wildman–Crippen MR) is 74.6 cm³/mol. The van der Waals surface area contributed by atoms with Crippen LogP contribution in [0.1, 0.15) is 47.8 Å². The highest BCUT2D eigenvalue weighted by Gasteiger charge is 2.39. The predicted octanol–water partition coefficient (Wildman–Crippen LogP) is 2.69. The van der Waals surface area contributed by atoms with Crippen LogP contribution in [0.25, 0.3) is 0 Å². The van der Waals surface area contributed by atoms with E-state index in [0.29, 0.717) is 6.54 Å². The fourth-order valence-corrected chi connectivity index (χ4v) is 3.49. The van der Waals surface area contributed by atoms with Gasteiger partial charge >= 0.3 is 5.97 Å². The van der Waals surface area contributed by atoms with Crippen LogP contribution in [0.15, 0.2) is 11.4 Å². The minimum absolute atomic E-state index is 0.0662. The Morgan fingerprint density at radius 1 is 1.47 bits per heavy atom. The van der Waals surface area contributed by atoms with Gasteiger partial charge in [0.2, 0.25) is 0 Å². The van der Waals surface area contributed by atoms with Crippen LogP contribution in [0.3, 0.4) is 0 Å². The van der Waals surface area contributed by atoms with E-state index in [1.807, 2.05) is 18.4 Å². The Morgan fingerprint density at radius 2 is 2.21 bits per heavy atom. The smallest absolute Gasteiger partial charge is 0.303 e. The lowest BCUT2D eigenvalue weighted by Crippen LogP contribution is -2.43. The molecule has 19 heavy (non-hydrogen) atoms. The first kappa shape index (κ1) is 14.1. The van der Waals surface area contributed by atoms with Crippen LogP contribution in [-0.2, 0) is 11.2 Å². The summed E-state index contributed by atoms with van der Waals surface area (Å²) in [6.07, 6.45) is 3.84. The van der Waals surface area contributed by atoms with Crippen molar-refractivity contribution in [2.75, 3.05) is 6.54 Å². The van der Waals surface area contributed by atoms with Gasteiger partial charge in [0, 0.05) is 6.54 Å². The van der Waals surface area contributed by atoms with Gasteiger partial charge in [-0.1, -0.05) is 13.3 Å². The molecule has 0 radical (unpaired) electrons. The Labute approximate surface area is 116 Å². The quantitative estimate of drug-likeness (QED) is 0.842. The first-order valence-corrected chi connectivity index (χ1v) is 7.51. The maximum atomic E-state index is 12.1. The average Bonchev–Trinajstić information content (AvgIpc) is 2.79. The van der Waals surface area contributed by atoms with Crippen LogP contribution >= 0.6 is 11.3 Å². The molecular formula is C14H19NO3S. The third-order valence-corrected chi connectivity index (χ3v) is 4.85. The lowest BCUT2D eigenvalue weighted by atomic mass is 9.66. The lowest BCUT2D eigenvalue weighted by molar-refractivity contribution is -0.141. The number of thiophene rings is 1. The summed E-state index contributed by atoms with van der Waals surface area (Å²) in [7, 11) is 0. The molecule has 1 saturated carbocycles. The van der Waals surface area contributed by atoms with E-state index in [9.17, 15) is 9.59 Å². The molecule has 2 N–H and O–H groups in total. The van der Waals surface area contributed by atoms with Gasteiger partial charge in [0.15, 0.2) is 0 Å². The molecule has 2 rings (SSSR count). The number of amides is 1. The van der Waals surface area contributed by atoms with Gasteiger partial charge < -0.3 is 10.4 Å². The summed E-state index contributed by atoms with van der Waals surface area (Å²) >= 11 is 1.44. The average molecular weight is 281 g/mol. The van der Waals surface area contributed by atoms with Crippen molar-refractivity contribution in [1.29, 1.82) is 0 Å². The molecule has 0 spiro atoms. The standard InChI is InChI=1S/C14H19NO3S/c1-2-10-4-7-19-12(10)13(18)15-9-14(5-3-6-14)8-11(16)17/h4,7H,2-3,5-6,8-9H2,1H3,(H,15,18)(H,16,17). The monoisotopic (exact) mass is 281 g/mol. The molecule has 0 atom stereocenters. The Hall–Kier alpha value is -1.36. The summed E-state index contributed by atoms with van der Waals surface area (Å²) in [4.78, 5) is 23.7. The molecule has 0 aromatic carbocycles. The first-order chi connectivity index (χ1) is 9.06. The topological polar surface area (TPSA) is 66.4 Å². The fourth-order valence-electron chi connectivity index (χ4n) is 2.58. The Kier molecular flexibility index (Phi) is 4.24. The van der Waals surface area contributed by atoms with Gasteiger partial charge in [-0.3, -0.25) is 9.59 Å². The maximum absolute atomic E-state index is 12.1. The Bertz CT molecular complexity index is 477. The number of carbonyl (C=O) groups is 2. The van der Waals surface area contributed by atoms with Crippen molar-refractivity contribution < 1.29 is 14.7 Å². The molecule has 1 fully saturated rings. The highest BCUT2D eigenvalue weighted by Crippen LogP contribution is 2.43. The zero-order chi connectivity index (χ0) is 13.9. The van der Waals surface area contributed by atoms with Crippen molar-refractivity contribution in [3.63, 3.8) is 0 Å². The van der Waals surface area contributed by atoms with Crippen molar-refractivity contribution in [1.82, 2.24) is 5.32 Å². The third-order valence-electron chi connectivity index (χ3n) is 3.90. The minimum Gasteiger partial charge on any atom is -0.481 e. The zero-order valence-corrected chi connectivity index (χ0v) is 11.9. The van der Waals surface area contributed by atoms with Crippen molar-refractivity contribution in [3.8, 4) is 0 Å². The minimum atomic E-state index is -0.778. The molecule has 1 aliphatic rings. The number of nitrogens with one attached hydrogen (secondary N) is 1. The molecule has 1 aromatic rings. The van der Waals surface area contributed by atoms with Crippen LogP contribution < -0.4 is 5.32 Å². The Balaban J connectivity index is 1.94. The van der Waals surface area contributed by atoms with Crippen LogP contribution in [-0.4, -0.2) is 23.5 Å². The molecule has 104 valence electrons. The van der Waals surface area contributed by atoms with E-state index in [0.717, 1.165) is 36.1 Å². The van der Waals surface area contributed by atoms with E-state index in [1.54, 1.807) is 0 Å². The second kappa shape index (κ2) is 5.74. The number of carboxylic acids is 1. The largest absolute Gasteiger partial charge is 0.481 e. The van der Waals surface area contributed by atoms with Gasteiger partial charge in [0.05, 0.1) is 11.3 Å². The van der Waals surface area contributed by atoms with Crippen LogP contribution in [0, 0.1) is 5.41 Å². The van der Waals surface area contributed by atoms with Gasteiger partial charge in [-0.2, -0.15) is 0 Å². The lowest BCUT2D eigenvalue weighted by Gasteiger charge is -2.40. The molecule has 5 heteroatoms. The summed E-state index contributed by atoms with van der Waals surface area (Å²) in [6.45, 7) is 2.50. The van der Waals surface area contributed by atoms with Gasteiger partial charge in [-0.25, -0.2) is 0 Å². The summed E-state index contributed by atoms with van der Waals surface area (Å²) in [5, 5.41) is 13.8. The molecule has 4 nitrogen and oxygen atoms in total. The highest BCUT2D eigenvalue weighted by molar-refractivity contribution is 7.12. The van der Waals surface area contributed by atoms with Gasteiger partial charge in [0.25, 0.3) is 5.91 Å². The fraction of sp³-hybridized carbons (Fsp3) is 0.571. The SMILES string of the molecule is CCc1ccsc1C(=O)NCC1(CC(=O)O)CCC1. The summed E-state index contributed by atoms with van der Waals surface area (Å²) in [5.74, 6) is -0.845. The molecule has 0 saturated heterocycles. The van der Waals surface area contributed by atoms with E-state index in [2.05, 4.69) is 5.32 Å². The van der Waals surface area contributed by atoms with Crippen molar-refractivity contribution in [3.05, 3.63) is 21.9 Å². The molecule has 0 bridgehead atoms. The number of rotatable bonds is 6. The molecule has 1 amide bonds. The molecule has 1 aliphatic carbocycles. The zero-order valence-electron chi connectivity index (χ0n) is 11.1. The first-order valence-electron chi connectivity index (χ1n) is 6.63. The van der Waals surface area contributed by atoms with Gasteiger partial charge in [-0.15, -0.1) is 11.3 Å². The van der Waals surface area contributed by atoms with Crippen molar-refractivity contribution >= 4 is 23.2 Å². The number of carbonyl (C=O) groups excluding carboxylic acids is 1. The van der Waals surface area contributed by atoms with E-state index < -0.39 is 5.97 Å². The number of hydrogen-bond acceptors (Lipinski definition) is 3. The molecule has 0 unspecified atom stereocenters. The van der Waals surface area contributed by atoms with Gasteiger partial charge in [0.1, 0.15) is 0 Å². The normalized spacial score (nSPS) is 16.7. The van der Waals surface area contributed by atoms with Crippen LogP contribution in [0.4, 0.5) is 0 Å². The van der Waals surface area contributed by atoms with E-state index in [1.165, 1.54) is 11.3 Å². The summed E-state index contributed by atoms with van der Waals surface area (Å²) in [6, 6.07) is 1.97. The van der Waals surface area contributed by atoms with Crippen LogP contribution in [0.2, 0.25) is 0 Å². The second-order valence-electron chi connectivity index (χ2n) is 5.24. The van der Waals surface area contributed by atoms with E-state index in [4.69, 9.17) is 5.11 Å². The molecular weight excluding hydrogens is 262 g/mol. The molecule has 0 aliphatic heterocycles. The highest BCUT2D eigenvalue weighted by atomic mass is 32.1. The van der Waals surface area contributed by atoms with Crippen molar-refractivity contribution in [2.45, 2.75) is 39.0 Å². The van der Waals surface area contributed by atoms with E-state index >= 15 is 0 Å². The van der Waals surface area contributed by atoms with Gasteiger partial charge in [-0.05, 0) is 41.7 Å². The maximum Gasteiger partial charge on any atom is 0.303 e. The second-order valence-corrected chi connectivity index (χ2v) is 6.15. The van der Waals surface area contributed by atoms with E-state index in [-0.39, 0.29) is 17.7 Å². The number of aliphatic carboxylic acids is 1. The number of aryl methyl sites for hydroxylation is 1. The molecule has 1 heterocycles. The number of hydrogen-bond donors (Lipinski definition) is 2. The third kappa shape index (κ3) is 3.15. The summed E-state index contributed by atoms with van der Waals surface area (Å²) < 4.78 is 0. The van der Waals surface area contributed by atoms with Crippen LogP contribution in [0.5, 0.6) is 0 Å². The summed E-state index contributed by atoms with van der Waals surface area (Å²) in [5.41, 5.74) is 0.842. The number of carboxylic acid groups (broad SMARTS) is 1.